The summed E-state index contributed by atoms with van der Waals surface area (Å²) >= 11 is 0. The Labute approximate surface area is 161 Å². The van der Waals surface area contributed by atoms with Gasteiger partial charge in [0.1, 0.15) is 16.9 Å². The molecule has 148 valence electrons. The minimum Gasteiger partial charge on any atom is -0.258 e. The Hall–Kier alpha value is -3.30. The van der Waals surface area contributed by atoms with Crippen molar-refractivity contribution in [3.8, 4) is 11.5 Å². The molecule has 6 nitrogen and oxygen atoms in total. The Morgan fingerprint density at radius 2 is 1.90 bits per heavy atom. The van der Waals surface area contributed by atoms with E-state index in [-0.39, 0.29) is 36.9 Å². The van der Waals surface area contributed by atoms with Crippen molar-refractivity contribution < 1.29 is 17.6 Å². The average Bonchev–Trinajstić information content (AvgIpc) is 3.25. The Morgan fingerprint density at radius 3 is 2.62 bits per heavy atom. The molecule has 0 bridgehead atoms. The van der Waals surface area contributed by atoms with Gasteiger partial charge in [-0.2, -0.15) is 23.4 Å². The van der Waals surface area contributed by atoms with E-state index in [1.165, 1.54) is 10.7 Å². The number of nitrogens with zero attached hydrogens (tertiary/aromatic N) is 5. The fourth-order valence-corrected chi connectivity index (χ4v) is 3.42. The number of benzene rings is 1. The van der Waals surface area contributed by atoms with Crippen LogP contribution in [0.15, 0.2) is 42.6 Å². The van der Waals surface area contributed by atoms with Crippen LogP contribution in [0.25, 0.3) is 22.6 Å². The monoisotopic (exact) mass is 402 g/mol. The summed E-state index contributed by atoms with van der Waals surface area (Å²) in [6.45, 7) is 0.119. The number of halogens is 4. The van der Waals surface area contributed by atoms with Gasteiger partial charge in [-0.1, -0.05) is 18.2 Å². The minimum absolute atomic E-state index is 0.0299. The average molecular weight is 402 g/mol. The van der Waals surface area contributed by atoms with Crippen LogP contribution in [0, 0.1) is 5.82 Å². The third-order valence-corrected chi connectivity index (χ3v) is 5.22. The van der Waals surface area contributed by atoms with Crippen LogP contribution in [0.1, 0.15) is 24.2 Å². The van der Waals surface area contributed by atoms with Gasteiger partial charge in [-0.15, -0.1) is 0 Å². The molecule has 1 fully saturated rings. The van der Waals surface area contributed by atoms with E-state index in [9.17, 15) is 17.6 Å². The van der Waals surface area contributed by atoms with Crippen LogP contribution in [0.4, 0.5) is 17.6 Å². The van der Waals surface area contributed by atoms with Gasteiger partial charge >= 0.3 is 6.18 Å². The van der Waals surface area contributed by atoms with Crippen molar-refractivity contribution >= 4 is 11.0 Å². The van der Waals surface area contributed by atoms with Crippen LogP contribution in [0.5, 0.6) is 0 Å². The number of hydrogen-bond donors (Lipinski definition) is 1. The van der Waals surface area contributed by atoms with Crippen molar-refractivity contribution in [3.05, 3.63) is 59.8 Å². The van der Waals surface area contributed by atoms with E-state index in [1.54, 1.807) is 36.5 Å². The van der Waals surface area contributed by atoms with Gasteiger partial charge in [0.05, 0.1) is 11.9 Å². The van der Waals surface area contributed by atoms with Crippen molar-refractivity contribution in [2.75, 3.05) is 0 Å². The molecule has 0 aliphatic heterocycles. The molecule has 0 amide bonds. The van der Waals surface area contributed by atoms with Crippen LogP contribution in [0.2, 0.25) is 0 Å². The van der Waals surface area contributed by atoms with Gasteiger partial charge in [-0.25, -0.2) is 19.0 Å². The van der Waals surface area contributed by atoms with Crippen molar-refractivity contribution in [2.45, 2.75) is 31.0 Å². The molecule has 3 aromatic heterocycles. The summed E-state index contributed by atoms with van der Waals surface area (Å²) in [6.07, 6.45) is -2.89. The van der Waals surface area contributed by atoms with Crippen molar-refractivity contribution in [3.63, 3.8) is 0 Å². The number of fused-ring (bicyclic) bond motifs is 1. The number of H-pyrrole nitrogens is 1. The number of alkyl halides is 3. The highest BCUT2D eigenvalue weighted by Crippen LogP contribution is 2.57. The second kappa shape index (κ2) is 6.10. The molecule has 0 saturated heterocycles. The first-order valence-electron chi connectivity index (χ1n) is 8.94. The molecular weight excluding hydrogens is 388 g/mol. The lowest BCUT2D eigenvalue weighted by atomic mass is 10.1. The summed E-state index contributed by atoms with van der Waals surface area (Å²) in [5.74, 6) is -0.530. The first kappa shape index (κ1) is 17.8. The Bertz CT molecular complexity index is 1200. The number of nitrogens with one attached hydrogen (secondary N) is 1. The second-order valence-corrected chi connectivity index (χ2v) is 7.06. The molecule has 1 saturated carbocycles. The Balaban J connectivity index is 1.58. The third-order valence-electron chi connectivity index (χ3n) is 5.22. The van der Waals surface area contributed by atoms with E-state index in [4.69, 9.17) is 0 Å². The molecule has 10 heteroatoms. The van der Waals surface area contributed by atoms with Crippen molar-refractivity contribution in [1.82, 2.24) is 29.9 Å². The van der Waals surface area contributed by atoms with Gasteiger partial charge in [-0.3, -0.25) is 5.10 Å². The van der Waals surface area contributed by atoms with E-state index >= 15 is 0 Å². The summed E-state index contributed by atoms with van der Waals surface area (Å²) < 4.78 is 55.7. The van der Waals surface area contributed by atoms with Crippen LogP contribution in [-0.4, -0.2) is 36.1 Å². The molecule has 3 heterocycles. The zero-order valence-corrected chi connectivity index (χ0v) is 14.9. The van der Waals surface area contributed by atoms with E-state index in [2.05, 4.69) is 25.3 Å². The zero-order chi connectivity index (χ0) is 20.2. The van der Waals surface area contributed by atoms with E-state index < -0.39 is 11.6 Å². The van der Waals surface area contributed by atoms with Crippen LogP contribution < -0.4 is 0 Å². The first-order valence-corrected chi connectivity index (χ1v) is 8.94. The molecule has 1 aliphatic rings. The van der Waals surface area contributed by atoms with Crippen LogP contribution >= 0.6 is 0 Å². The van der Waals surface area contributed by atoms with Gasteiger partial charge in [0.25, 0.3) is 0 Å². The highest BCUT2D eigenvalue weighted by Gasteiger charge is 2.67. The normalized spacial score (nSPS) is 15.7. The summed E-state index contributed by atoms with van der Waals surface area (Å²) in [5.41, 5.74) is -0.769. The number of hydrogen-bond acceptors (Lipinski definition) is 4. The van der Waals surface area contributed by atoms with Crippen molar-refractivity contribution in [2.24, 2.45) is 0 Å². The van der Waals surface area contributed by atoms with Crippen molar-refractivity contribution in [1.29, 1.82) is 0 Å². The quantitative estimate of drug-likeness (QED) is 0.524. The highest BCUT2D eigenvalue weighted by atomic mass is 19.4. The third kappa shape index (κ3) is 2.78. The molecule has 1 aliphatic carbocycles. The maximum absolute atomic E-state index is 14.1. The maximum atomic E-state index is 14.1. The summed E-state index contributed by atoms with van der Waals surface area (Å²) in [5, 5.41) is 11.4. The van der Waals surface area contributed by atoms with E-state index in [0.29, 0.717) is 22.3 Å². The molecule has 5 rings (SSSR count). The minimum atomic E-state index is -4.40. The van der Waals surface area contributed by atoms with E-state index in [1.807, 2.05) is 0 Å². The smallest absolute Gasteiger partial charge is 0.258 e. The Morgan fingerprint density at radius 1 is 1.10 bits per heavy atom. The molecule has 29 heavy (non-hydrogen) atoms. The SMILES string of the molecule is Fc1ccccc1Cn1nc(-c2nc(C3(C(F)(F)F)CC3)n[nH]2)c2cccnc21. The largest absolute Gasteiger partial charge is 0.401 e. The second-order valence-electron chi connectivity index (χ2n) is 7.06. The molecule has 0 radical (unpaired) electrons. The van der Waals surface area contributed by atoms with E-state index in [0.717, 1.165) is 0 Å². The number of rotatable bonds is 4. The molecule has 0 unspecified atom stereocenters. The van der Waals surface area contributed by atoms with Gasteiger partial charge in [-0.05, 0) is 31.0 Å². The maximum Gasteiger partial charge on any atom is 0.401 e. The molecule has 0 spiro atoms. The number of aromatic amines is 1. The fourth-order valence-electron chi connectivity index (χ4n) is 3.42. The molecule has 1 N–H and O–H groups in total. The topological polar surface area (TPSA) is 72.3 Å². The predicted octanol–water partition coefficient (Wildman–Crippen LogP) is 4.00. The summed E-state index contributed by atoms with van der Waals surface area (Å²) in [7, 11) is 0. The summed E-state index contributed by atoms with van der Waals surface area (Å²) in [6, 6.07) is 9.72. The molecular formula is C19H14F4N6. The van der Waals surface area contributed by atoms with Crippen LogP contribution in [-0.2, 0) is 12.0 Å². The lowest BCUT2D eigenvalue weighted by Crippen LogP contribution is -2.29. The van der Waals surface area contributed by atoms with Gasteiger partial charge in [0, 0.05) is 11.8 Å². The molecule has 0 atom stereocenters. The molecule has 1 aromatic carbocycles. The standard InChI is InChI=1S/C19H14F4N6/c20-13-6-2-1-4-11(13)10-29-16-12(5-3-9-24-16)14(28-29)15-25-17(27-26-15)18(7-8-18)19(21,22)23/h1-6,9H,7-8,10H2,(H,25,26,27). The Kier molecular flexibility index (Phi) is 3.74. The lowest BCUT2D eigenvalue weighted by Gasteiger charge is -2.14. The number of aromatic nitrogens is 6. The zero-order valence-electron chi connectivity index (χ0n) is 14.9. The van der Waals surface area contributed by atoms with Gasteiger partial charge in [0.2, 0.25) is 0 Å². The lowest BCUT2D eigenvalue weighted by molar-refractivity contribution is -0.162. The highest BCUT2D eigenvalue weighted by molar-refractivity contribution is 5.89. The number of pyridine rings is 1. The summed E-state index contributed by atoms with van der Waals surface area (Å²) in [4.78, 5) is 8.40. The predicted molar refractivity (Wildman–Crippen MR) is 95.4 cm³/mol. The first-order chi connectivity index (χ1) is 13.9. The van der Waals surface area contributed by atoms with Gasteiger partial charge < -0.3 is 0 Å². The molecule has 4 aromatic rings. The fraction of sp³-hybridized carbons (Fsp3) is 0.263. The van der Waals surface area contributed by atoms with Gasteiger partial charge in [0.15, 0.2) is 17.3 Å². The van der Waals surface area contributed by atoms with Crippen LogP contribution in [0.3, 0.4) is 0 Å².